The highest BCUT2D eigenvalue weighted by Crippen LogP contribution is 2.18. The van der Waals surface area contributed by atoms with E-state index in [4.69, 9.17) is 5.11 Å². The number of rotatable bonds is 9. The van der Waals surface area contributed by atoms with Gasteiger partial charge in [0.2, 0.25) is 5.91 Å². The SMILES string of the molecule is CCC[C@@H](NC(=O)CCCSc1ccccc1)C(=O)O. The molecule has 0 saturated carbocycles. The lowest BCUT2D eigenvalue weighted by atomic mass is 10.1. The molecule has 0 aliphatic rings. The molecule has 110 valence electrons. The van der Waals surface area contributed by atoms with Crippen LogP contribution in [0, 0.1) is 0 Å². The summed E-state index contributed by atoms with van der Waals surface area (Å²) in [6.07, 6.45) is 2.32. The van der Waals surface area contributed by atoms with Crippen LogP contribution in [0.25, 0.3) is 0 Å². The third-order valence-corrected chi connectivity index (χ3v) is 3.87. The number of carboxylic acids is 1. The number of carbonyl (C=O) groups is 2. The maximum Gasteiger partial charge on any atom is 0.326 e. The number of carboxylic acid groups (broad SMARTS) is 1. The largest absolute Gasteiger partial charge is 0.480 e. The first-order valence-electron chi connectivity index (χ1n) is 6.83. The minimum absolute atomic E-state index is 0.181. The third kappa shape index (κ3) is 6.61. The van der Waals surface area contributed by atoms with E-state index >= 15 is 0 Å². The molecule has 20 heavy (non-hydrogen) atoms. The number of benzene rings is 1. The van der Waals surface area contributed by atoms with E-state index < -0.39 is 12.0 Å². The monoisotopic (exact) mass is 295 g/mol. The van der Waals surface area contributed by atoms with Gasteiger partial charge in [0, 0.05) is 11.3 Å². The molecule has 1 aromatic rings. The molecular formula is C15H21NO3S. The van der Waals surface area contributed by atoms with Crippen LogP contribution in [0.4, 0.5) is 0 Å². The number of hydrogen-bond acceptors (Lipinski definition) is 3. The van der Waals surface area contributed by atoms with E-state index in [1.807, 2.05) is 37.3 Å². The zero-order valence-corrected chi connectivity index (χ0v) is 12.5. The Bertz CT molecular complexity index is 422. The fourth-order valence-corrected chi connectivity index (χ4v) is 2.63. The molecule has 2 N–H and O–H groups in total. The second-order valence-electron chi connectivity index (χ2n) is 4.51. The molecule has 0 aliphatic carbocycles. The van der Waals surface area contributed by atoms with Crippen LogP contribution in [0.5, 0.6) is 0 Å². The quantitative estimate of drug-likeness (QED) is 0.543. The molecule has 1 aromatic carbocycles. The van der Waals surface area contributed by atoms with E-state index in [1.165, 1.54) is 4.90 Å². The van der Waals surface area contributed by atoms with Gasteiger partial charge in [0.15, 0.2) is 0 Å². The van der Waals surface area contributed by atoms with Gasteiger partial charge in [-0.3, -0.25) is 4.79 Å². The lowest BCUT2D eigenvalue weighted by Gasteiger charge is -2.13. The van der Waals surface area contributed by atoms with Crippen molar-refractivity contribution in [3.63, 3.8) is 0 Å². The smallest absolute Gasteiger partial charge is 0.326 e. The van der Waals surface area contributed by atoms with Crippen molar-refractivity contribution in [3.8, 4) is 0 Å². The molecule has 0 spiro atoms. The van der Waals surface area contributed by atoms with E-state index in [-0.39, 0.29) is 5.91 Å². The van der Waals surface area contributed by atoms with Gasteiger partial charge in [0.05, 0.1) is 0 Å². The molecular weight excluding hydrogens is 274 g/mol. The number of thioether (sulfide) groups is 1. The molecule has 1 rings (SSSR count). The fraction of sp³-hybridized carbons (Fsp3) is 0.467. The summed E-state index contributed by atoms with van der Waals surface area (Å²) in [7, 11) is 0. The van der Waals surface area contributed by atoms with Crippen LogP contribution >= 0.6 is 11.8 Å². The predicted molar refractivity (Wildman–Crippen MR) is 80.9 cm³/mol. The molecule has 0 heterocycles. The van der Waals surface area contributed by atoms with Crippen molar-refractivity contribution < 1.29 is 14.7 Å². The second kappa shape index (κ2) is 9.42. The van der Waals surface area contributed by atoms with E-state index in [9.17, 15) is 9.59 Å². The number of aliphatic carboxylic acids is 1. The van der Waals surface area contributed by atoms with Crippen molar-refractivity contribution in [2.45, 2.75) is 43.5 Å². The fourth-order valence-electron chi connectivity index (χ4n) is 1.75. The highest BCUT2D eigenvalue weighted by molar-refractivity contribution is 7.99. The average Bonchev–Trinajstić information content (AvgIpc) is 2.44. The molecule has 0 fully saturated rings. The van der Waals surface area contributed by atoms with Gasteiger partial charge in [-0.2, -0.15) is 0 Å². The summed E-state index contributed by atoms with van der Waals surface area (Å²) in [5.41, 5.74) is 0. The van der Waals surface area contributed by atoms with Gasteiger partial charge in [-0.1, -0.05) is 31.5 Å². The molecule has 4 nitrogen and oxygen atoms in total. The first-order chi connectivity index (χ1) is 9.63. The van der Waals surface area contributed by atoms with E-state index in [2.05, 4.69) is 5.32 Å². The lowest BCUT2D eigenvalue weighted by molar-refractivity contribution is -0.142. The summed E-state index contributed by atoms with van der Waals surface area (Å²) in [5.74, 6) is -0.290. The van der Waals surface area contributed by atoms with Crippen molar-refractivity contribution >= 4 is 23.6 Å². The molecule has 1 amide bonds. The Hall–Kier alpha value is -1.49. The average molecular weight is 295 g/mol. The summed E-state index contributed by atoms with van der Waals surface area (Å²) in [5, 5.41) is 11.5. The summed E-state index contributed by atoms with van der Waals surface area (Å²) < 4.78 is 0. The van der Waals surface area contributed by atoms with Crippen LogP contribution in [-0.2, 0) is 9.59 Å². The Morgan fingerprint density at radius 1 is 1.30 bits per heavy atom. The molecule has 0 radical (unpaired) electrons. The van der Waals surface area contributed by atoms with Crippen LogP contribution < -0.4 is 5.32 Å². The molecule has 0 saturated heterocycles. The van der Waals surface area contributed by atoms with Gasteiger partial charge in [-0.25, -0.2) is 4.79 Å². The molecule has 0 bridgehead atoms. The number of hydrogen-bond donors (Lipinski definition) is 2. The molecule has 0 aromatic heterocycles. The Morgan fingerprint density at radius 3 is 2.60 bits per heavy atom. The van der Waals surface area contributed by atoms with Crippen LogP contribution in [0.2, 0.25) is 0 Å². The normalized spacial score (nSPS) is 11.8. The first kappa shape index (κ1) is 16.6. The maximum atomic E-state index is 11.7. The maximum absolute atomic E-state index is 11.7. The Morgan fingerprint density at radius 2 is 2.00 bits per heavy atom. The summed E-state index contributed by atoms with van der Waals surface area (Å²) in [6, 6.07) is 9.25. The van der Waals surface area contributed by atoms with Gasteiger partial charge in [0.1, 0.15) is 6.04 Å². The standard InChI is InChI=1S/C15H21NO3S/c1-2-7-13(15(18)19)16-14(17)10-6-11-20-12-8-4-3-5-9-12/h3-5,8-9,13H,2,6-7,10-11H2,1H3,(H,16,17)(H,18,19)/t13-/m1/s1. The topological polar surface area (TPSA) is 66.4 Å². The Kier molecular flexibility index (Phi) is 7.80. The zero-order chi connectivity index (χ0) is 14.8. The first-order valence-corrected chi connectivity index (χ1v) is 7.82. The number of carbonyl (C=O) groups excluding carboxylic acids is 1. The van der Waals surface area contributed by atoms with E-state index in [0.29, 0.717) is 12.8 Å². The third-order valence-electron chi connectivity index (χ3n) is 2.77. The van der Waals surface area contributed by atoms with E-state index in [1.54, 1.807) is 11.8 Å². The van der Waals surface area contributed by atoms with E-state index in [0.717, 1.165) is 18.6 Å². The molecule has 0 aliphatic heterocycles. The van der Waals surface area contributed by atoms with Gasteiger partial charge in [-0.15, -0.1) is 11.8 Å². The molecule has 5 heteroatoms. The van der Waals surface area contributed by atoms with Crippen molar-refractivity contribution in [2.75, 3.05) is 5.75 Å². The summed E-state index contributed by atoms with van der Waals surface area (Å²) in [4.78, 5) is 23.8. The summed E-state index contributed by atoms with van der Waals surface area (Å²) >= 11 is 1.70. The van der Waals surface area contributed by atoms with Crippen molar-refractivity contribution in [3.05, 3.63) is 30.3 Å². The summed E-state index contributed by atoms with van der Waals surface area (Å²) in [6.45, 7) is 1.90. The van der Waals surface area contributed by atoms with Crippen LogP contribution in [0.3, 0.4) is 0 Å². The van der Waals surface area contributed by atoms with Crippen LogP contribution in [0.15, 0.2) is 35.2 Å². The highest BCUT2D eigenvalue weighted by atomic mass is 32.2. The minimum Gasteiger partial charge on any atom is -0.480 e. The van der Waals surface area contributed by atoms with Gasteiger partial charge in [-0.05, 0) is 30.7 Å². The van der Waals surface area contributed by atoms with Gasteiger partial charge < -0.3 is 10.4 Å². The van der Waals surface area contributed by atoms with Gasteiger partial charge in [0.25, 0.3) is 0 Å². The van der Waals surface area contributed by atoms with Crippen LogP contribution in [-0.4, -0.2) is 28.8 Å². The van der Waals surface area contributed by atoms with Crippen molar-refractivity contribution in [1.29, 1.82) is 0 Å². The second-order valence-corrected chi connectivity index (χ2v) is 5.68. The highest BCUT2D eigenvalue weighted by Gasteiger charge is 2.18. The zero-order valence-electron chi connectivity index (χ0n) is 11.7. The van der Waals surface area contributed by atoms with Crippen LogP contribution in [0.1, 0.15) is 32.6 Å². The van der Waals surface area contributed by atoms with Crippen molar-refractivity contribution in [2.24, 2.45) is 0 Å². The molecule has 1 atom stereocenters. The minimum atomic E-state index is -0.959. The number of nitrogens with one attached hydrogen (secondary N) is 1. The predicted octanol–water partition coefficient (Wildman–Crippen LogP) is 2.93. The Balaban J connectivity index is 2.21. The van der Waals surface area contributed by atoms with Gasteiger partial charge >= 0.3 is 5.97 Å². The molecule has 0 unspecified atom stereocenters. The Labute approximate surface area is 124 Å². The van der Waals surface area contributed by atoms with Crippen molar-refractivity contribution in [1.82, 2.24) is 5.32 Å². The lowest BCUT2D eigenvalue weighted by Crippen LogP contribution is -2.40. The number of amides is 1.